The zero-order chi connectivity index (χ0) is 13.4. The van der Waals surface area contributed by atoms with Crippen molar-refractivity contribution in [3.63, 3.8) is 0 Å². The van der Waals surface area contributed by atoms with Gasteiger partial charge in [0.05, 0.1) is 15.4 Å². The molecule has 5 heteroatoms. The first-order valence-electron chi connectivity index (χ1n) is 6.07. The normalized spacial score (nSPS) is 11.3. The maximum absolute atomic E-state index is 5.95. The van der Waals surface area contributed by atoms with E-state index >= 15 is 0 Å². The molecule has 0 saturated heterocycles. The summed E-state index contributed by atoms with van der Waals surface area (Å²) in [6, 6.07) is 10.4. The Labute approximate surface area is 125 Å². The second-order valence-electron chi connectivity index (χ2n) is 4.56. The minimum Gasteiger partial charge on any atom is -0.331 e. The second kappa shape index (κ2) is 5.12. The molecular weight excluding hydrogens is 296 g/mol. The number of fused-ring (bicyclic) bond motifs is 1. The van der Waals surface area contributed by atoms with Gasteiger partial charge in [-0.05, 0) is 55.4 Å². The molecule has 2 aromatic heterocycles. The second-order valence-corrected chi connectivity index (χ2v) is 6.74. The SMILES string of the molecule is Cc1ccc2c(c1)[nH]c(=S)n2CCc1ccc(Cl)s1. The van der Waals surface area contributed by atoms with Crippen molar-refractivity contribution >= 4 is 46.2 Å². The minimum absolute atomic E-state index is 0.781. The molecule has 0 aliphatic rings. The highest BCUT2D eigenvalue weighted by atomic mass is 35.5. The largest absolute Gasteiger partial charge is 0.331 e. The highest BCUT2D eigenvalue weighted by Gasteiger charge is 2.05. The van der Waals surface area contributed by atoms with Crippen LogP contribution < -0.4 is 0 Å². The molecule has 0 amide bonds. The lowest BCUT2D eigenvalue weighted by Gasteiger charge is -2.03. The molecule has 0 saturated carbocycles. The zero-order valence-corrected chi connectivity index (χ0v) is 12.8. The van der Waals surface area contributed by atoms with Crippen molar-refractivity contribution in [3.8, 4) is 0 Å². The highest BCUT2D eigenvalue weighted by Crippen LogP contribution is 2.23. The summed E-state index contributed by atoms with van der Waals surface area (Å²) in [5, 5.41) is 0. The summed E-state index contributed by atoms with van der Waals surface area (Å²) < 4.78 is 3.77. The van der Waals surface area contributed by atoms with Crippen LogP contribution in [0.15, 0.2) is 30.3 Å². The molecule has 1 N–H and O–H groups in total. The lowest BCUT2D eigenvalue weighted by molar-refractivity contribution is 0.712. The van der Waals surface area contributed by atoms with Gasteiger partial charge in [-0.15, -0.1) is 11.3 Å². The Morgan fingerprint density at radius 3 is 2.89 bits per heavy atom. The smallest absolute Gasteiger partial charge is 0.178 e. The van der Waals surface area contributed by atoms with E-state index < -0.39 is 0 Å². The molecule has 0 radical (unpaired) electrons. The lowest BCUT2D eigenvalue weighted by Crippen LogP contribution is -2.00. The number of thiophene rings is 1. The topological polar surface area (TPSA) is 20.7 Å². The number of benzene rings is 1. The Kier molecular flexibility index (Phi) is 3.48. The quantitative estimate of drug-likeness (QED) is 0.678. The summed E-state index contributed by atoms with van der Waals surface area (Å²) in [6.07, 6.45) is 0.951. The Morgan fingerprint density at radius 2 is 2.16 bits per heavy atom. The predicted octanol–water partition coefficient (Wildman–Crippen LogP) is 4.96. The number of nitrogens with one attached hydrogen (secondary N) is 1. The van der Waals surface area contributed by atoms with Crippen molar-refractivity contribution in [3.05, 3.63) is 49.9 Å². The molecule has 0 aliphatic carbocycles. The van der Waals surface area contributed by atoms with Crippen LogP contribution in [-0.2, 0) is 13.0 Å². The number of nitrogens with zero attached hydrogens (tertiary/aromatic N) is 1. The molecule has 2 nitrogen and oxygen atoms in total. The summed E-state index contributed by atoms with van der Waals surface area (Å²) in [7, 11) is 0. The van der Waals surface area contributed by atoms with Crippen LogP contribution in [0.1, 0.15) is 10.4 Å². The molecule has 3 aromatic rings. The van der Waals surface area contributed by atoms with E-state index in [1.54, 1.807) is 11.3 Å². The number of hydrogen-bond donors (Lipinski definition) is 1. The molecular formula is C14H13ClN2S2. The first kappa shape index (κ1) is 12.9. The average Bonchev–Trinajstić information content (AvgIpc) is 2.89. The number of aryl methyl sites for hydroxylation is 3. The maximum Gasteiger partial charge on any atom is 0.178 e. The van der Waals surface area contributed by atoms with Gasteiger partial charge in [-0.3, -0.25) is 0 Å². The average molecular weight is 309 g/mol. The van der Waals surface area contributed by atoms with E-state index in [4.69, 9.17) is 23.8 Å². The molecule has 98 valence electrons. The third kappa shape index (κ3) is 2.61. The third-order valence-electron chi connectivity index (χ3n) is 3.14. The number of aromatic nitrogens is 2. The van der Waals surface area contributed by atoms with Crippen LogP contribution in [0.3, 0.4) is 0 Å². The van der Waals surface area contributed by atoms with E-state index in [2.05, 4.69) is 40.7 Å². The van der Waals surface area contributed by atoms with Gasteiger partial charge in [-0.25, -0.2) is 0 Å². The predicted molar refractivity (Wildman–Crippen MR) is 84.9 cm³/mol. The fourth-order valence-corrected chi connectivity index (χ4v) is 3.58. The Bertz CT molecular complexity index is 782. The van der Waals surface area contributed by atoms with Crippen LogP contribution in [0, 0.1) is 11.7 Å². The van der Waals surface area contributed by atoms with Gasteiger partial charge in [0.1, 0.15) is 0 Å². The van der Waals surface area contributed by atoms with E-state index in [1.165, 1.54) is 16.0 Å². The maximum atomic E-state index is 5.95. The van der Waals surface area contributed by atoms with Gasteiger partial charge >= 0.3 is 0 Å². The van der Waals surface area contributed by atoms with Gasteiger partial charge in [-0.2, -0.15) is 0 Å². The monoisotopic (exact) mass is 308 g/mol. The van der Waals surface area contributed by atoms with Crippen molar-refractivity contribution in [1.29, 1.82) is 0 Å². The van der Waals surface area contributed by atoms with Crippen LogP contribution in [-0.4, -0.2) is 9.55 Å². The first-order chi connectivity index (χ1) is 9.13. The van der Waals surface area contributed by atoms with Crippen molar-refractivity contribution < 1.29 is 0 Å². The molecule has 0 atom stereocenters. The summed E-state index contributed by atoms with van der Waals surface area (Å²) in [5.41, 5.74) is 3.51. The van der Waals surface area contributed by atoms with Crippen LogP contribution >= 0.6 is 35.2 Å². The number of imidazole rings is 1. The lowest BCUT2D eigenvalue weighted by atomic mass is 10.2. The van der Waals surface area contributed by atoms with E-state index in [0.717, 1.165) is 27.6 Å². The number of halogens is 1. The van der Waals surface area contributed by atoms with Crippen LogP contribution in [0.25, 0.3) is 11.0 Å². The standard InChI is InChI=1S/C14H13ClN2S2/c1-9-2-4-12-11(8-9)16-14(18)17(12)7-6-10-3-5-13(15)19-10/h2-5,8H,6-7H2,1H3,(H,16,18). The van der Waals surface area contributed by atoms with Crippen LogP contribution in [0.2, 0.25) is 4.34 Å². The zero-order valence-electron chi connectivity index (χ0n) is 10.4. The van der Waals surface area contributed by atoms with Crippen LogP contribution in [0.4, 0.5) is 0 Å². The molecule has 19 heavy (non-hydrogen) atoms. The van der Waals surface area contributed by atoms with Crippen molar-refractivity contribution in [2.75, 3.05) is 0 Å². The Hall–Kier alpha value is -1.10. The molecule has 2 heterocycles. The number of aromatic amines is 1. The number of hydrogen-bond acceptors (Lipinski definition) is 2. The summed E-state index contributed by atoms with van der Waals surface area (Å²) in [5.74, 6) is 0. The Balaban J connectivity index is 1.92. The van der Waals surface area contributed by atoms with Gasteiger partial charge in [0.25, 0.3) is 0 Å². The minimum atomic E-state index is 0.781. The van der Waals surface area contributed by atoms with Crippen LogP contribution in [0.5, 0.6) is 0 Å². The van der Waals surface area contributed by atoms with Gasteiger partial charge < -0.3 is 9.55 Å². The molecule has 0 aliphatic heterocycles. The molecule has 0 bridgehead atoms. The van der Waals surface area contributed by atoms with E-state index in [-0.39, 0.29) is 0 Å². The summed E-state index contributed by atoms with van der Waals surface area (Å²) >= 11 is 13.0. The fourth-order valence-electron chi connectivity index (χ4n) is 2.21. The molecule has 0 unspecified atom stereocenters. The van der Waals surface area contributed by atoms with E-state index in [9.17, 15) is 0 Å². The summed E-state index contributed by atoms with van der Waals surface area (Å²) in [4.78, 5) is 4.55. The molecule has 0 fully saturated rings. The molecule has 3 rings (SSSR count). The fraction of sp³-hybridized carbons (Fsp3) is 0.214. The van der Waals surface area contributed by atoms with Gasteiger partial charge in [-0.1, -0.05) is 17.7 Å². The van der Waals surface area contributed by atoms with Gasteiger partial charge in [0.15, 0.2) is 4.77 Å². The van der Waals surface area contributed by atoms with Gasteiger partial charge in [0.2, 0.25) is 0 Å². The van der Waals surface area contributed by atoms with E-state index in [1.807, 2.05) is 6.07 Å². The number of rotatable bonds is 3. The number of H-pyrrole nitrogens is 1. The Morgan fingerprint density at radius 1 is 1.32 bits per heavy atom. The van der Waals surface area contributed by atoms with E-state index in [0.29, 0.717) is 0 Å². The van der Waals surface area contributed by atoms with Crippen molar-refractivity contribution in [1.82, 2.24) is 9.55 Å². The molecule has 1 aromatic carbocycles. The highest BCUT2D eigenvalue weighted by molar-refractivity contribution is 7.71. The van der Waals surface area contributed by atoms with Crippen molar-refractivity contribution in [2.45, 2.75) is 19.9 Å². The first-order valence-corrected chi connectivity index (χ1v) is 7.67. The molecule has 0 spiro atoms. The van der Waals surface area contributed by atoms with Crippen molar-refractivity contribution in [2.24, 2.45) is 0 Å². The van der Waals surface area contributed by atoms with Gasteiger partial charge in [0, 0.05) is 11.4 Å². The summed E-state index contributed by atoms with van der Waals surface area (Å²) in [6.45, 7) is 2.96. The third-order valence-corrected chi connectivity index (χ3v) is 4.75.